The molecule has 2 aliphatic rings. The van der Waals surface area contributed by atoms with E-state index in [2.05, 4.69) is 56.9 Å². The Morgan fingerprint density at radius 1 is 0.971 bits per heavy atom. The lowest BCUT2D eigenvalue weighted by Crippen LogP contribution is -2.44. The highest BCUT2D eigenvalue weighted by Crippen LogP contribution is 2.34. The zero-order valence-corrected chi connectivity index (χ0v) is 20.5. The lowest BCUT2D eigenvalue weighted by Gasteiger charge is -2.30. The number of fused-ring (bicyclic) bond motifs is 1. The number of hydrogen-bond donors (Lipinski definition) is 0. The zero-order chi connectivity index (χ0) is 24.4. The van der Waals surface area contributed by atoms with Crippen molar-refractivity contribution in [2.45, 2.75) is 84.8 Å². The molecule has 1 aliphatic carbocycles. The molecule has 0 radical (unpaired) electrons. The van der Waals surface area contributed by atoms with Gasteiger partial charge in [-0.2, -0.15) is 0 Å². The van der Waals surface area contributed by atoms with E-state index in [0.29, 0.717) is 49.4 Å². The highest BCUT2D eigenvalue weighted by Gasteiger charge is 2.39. The van der Waals surface area contributed by atoms with E-state index in [1.807, 2.05) is 12.1 Å². The third-order valence-corrected chi connectivity index (χ3v) is 6.88. The van der Waals surface area contributed by atoms with Gasteiger partial charge in [-0.1, -0.05) is 30.3 Å². The fourth-order valence-electron chi connectivity index (χ4n) is 4.98. The number of amides is 1. The van der Waals surface area contributed by atoms with Crippen LogP contribution in [-0.4, -0.2) is 45.4 Å². The lowest BCUT2D eigenvalue weighted by atomic mass is 9.92. The molecule has 0 bridgehead atoms. The Hall–Kier alpha value is -2.99. The Morgan fingerprint density at radius 2 is 1.65 bits per heavy atom. The summed E-state index contributed by atoms with van der Waals surface area (Å²) in [5.41, 5.74) is 3.73. The van der Waals surface area contributed by atoms with Crippen molar-refractivity contribution >= 4 is 17.5 Å². The standard InChI is InChI=1S/C28H34N2O4/c1-18(2)29(19(3)4)15-20-8-10-21(11-9-20)17-34-27-7-5-6-23-24(27)16-30(28(23)33)25-13-12-22(31)14-26(25)32/h5-11,18-19,25H,12-17H2,1-4H3. The second-order valence-corrected chi connectivity index (χ2v) is 9.92. The van der Waals surface area contributed by atoms with E-state index in [9.17, 15) is 14.4 Å². The second-order valence-electron chi connectivity index (χ2n) is 9.92. The first-order valence-corrected chi connectivity index (χ1v) is 12.2. The predicted octanol–water partition coefficient (Wildman–Crippen LogP) is 4.53. The number of rotatable bonds is 8. The summed E-state index contributed by atoms with van der Waals surface area (Å²) in [5.74, 6) is 0.315. The van der Waals surface area contributed by atoms with Crippen LogP contribution in [0.15, 0.2) is 42.5 Å². The number of hydrogen-bond acceptors (Lipinski definition) is 5. The van der Waals surface area contributed by atoms with Crippen LogP contribution in [0.2, 0.25) is 0 Å². The van der Waals surface area contributed by atoms with E-state index in [1.54, 1.807) is 11.0 Å². The van der Waals surface area contributed by atoms with E-state index in [-0.39, 0.29) is 23.9 Å². The summed E-state index contributed by atoms with van der Waals surface area (Å²) in [5, 5.41) is 0. The zero-order valence-electron chi connectivity index (χ0n) is 20.5. The summed E-state index contributed by atoms with van der Waals surface area (Å²) < 4.78 is 6.13. The smallest absolute Gasteiger partial charge is 0.255 e. The Bertz CT molecular complexity index is 1070. The maximum absolute atomic E-state index is 13.0. The van der Waals surface area contributed by atoms with Crippen molar-refractivity contribution in [1.82, 2.24) is 9.80 Å². The molecule has 34 heavy (non-hydrogen) atoms. The van der Waals surface area contributed by atoms with Gasteiger partial charge in [0.1, 0.15) is 18.1 Å². The first-order valence-electron chi connectivity index (χ1n) is 12.2. The molecule has 1 fully saturated rings. The van der Waals surface area contributed by atoms with Gasteiger partial charge in [0.2, 0.25) is 0 Å². The van der Waals surface area contributed by atoms with Crippen molar-refractivity contribution in [3.63, 3.8) is 0 Å². The topological polar surface area (TPSA) is 66.9 Å². The maximum Gasteiger partial charge on any atom is 0.255 e. The molecule has 1 aliphatic heterocycles. The molecular weight excluding hydrogens is 428 g/mol. The molecule has 1 atom stereocenters. The van der Waals surface area contributed by atoms with Crippen molar-refractivity contribution in [3.8, 4) is 5.75 Å². The van der Waals surface area contributed by atoms with E-state index < -0.39 is 6.04 Å². The average Bonchev–Trinajstić information content (AvgIpc) is 3.13. The first-order chi connectivity index (χ1) is 16.2. The molecule has 0 aromatic heterocycles. The molecule has 6 heteroatoms. The Balaban J connectivity index is 1.42. The van der Waals surface area contributed by atoms with Crippen molar-refractivity contribution in [2.75, 3.05) is 0 Å². The van der Waals surface area contributed by atoms with Gasteiger partial charge in [0.25, 0.3) is 5.91 Å². The molecule has 2 aromatic carbocycles. The van der Waals surface area contributed by atoms with Crippen molar-refractivity contribution < 1.29 is 19.1 Å². The number of carbonyl (C=O) groups excluding carboxylic acids is 3. The summed E-state index contributed by atoms with van der Waals surface area (Å²) in [6.07, 6.45) is 0.684. The summed E-state index contributed by atoms with van der Waals surface area (Å²) >= 11 is 0. The van der Waals surface area contributed by atoms with Gasteiger partial charge in [-0.3, -0.25) is 19.3 Å². The highest BCUT2D eigenvalue weighted by atomic mass is 16.5. The van der Waals surface area contributed by atoms with Crippen LogP contribution < -0.4 is 4.74 Å². The van der Waals surface area contributed by atoms with Gasteiger partial charge in [0, 0.05) is 36.2 Å². The number of ketones is 2. The van der Waals surface area contributed by atoms with Gasteiger partial charge in [0.05, 0.1) is 19.0 Å². The van der Waals surface area contributed by atoms with Crippen LogP contribution in [0.1, 0.15) is 74.0 Å². The number of carbonyl (C=O) groups is 3. The fourth-order valence-corrected chi connectivity index (χ4v) is 4.98. The maximum atomic E-state index is 13.0. The van der Waals surface area contributed by atoms with E-state index in [1.165, 1.54) is 5.56 Å². The van der Waals surface area contributed by atoms with Crippen molar-refractivity contribution in [2.24, 2.45) is 0 Å². The Kier molecular flexibility index (Phi) is 7.17. The minimum atomic E-state index is -0.519. The van der Waals surface area contributed by atoms with Crippen molar-refractivity contribution in [3.05, 3.63) is 64.7 Å². The highest BCUT2D eigenvalue weighted by molar-refractivity contribution is 6.07. The molecule has 180 valence electrons. The van der Waals surface area contributed by atoms with Gasteiger partial charge in [0.15, 0.2) is 5.78 Å². The minimum Gasteiger partial charge on any atom is -0.489 e. The van der Waals surface area contributed by atoms with E-state index in [4.69, 9.17) is 4.74 Å². The summed E-state index contributed by atoms with van der Waals surface area (Å²) in [7, 11) is 0. The minimum absolute atomic E-state index is 0.0402. The molecule has 1 amide bonds. The fraction of sp³-hybridized carbons (Fsp3) is 0.464. The van der Waals surface area contributed by atoms with E-state index >= 15 is 0 Å². The van der Waals surface area contributed by atoms with Crippen LogP contribution in [-0.2, 0) is 29.3 Å². The number of ether oxygens (including phenoxy) is 1. The van der Waals surface area contributed by atoms with Gasteiger partial charge in [-0.25, -0.2) is 0 Å². The molecule has 1 unspecified atom stereocenters. The van der Waals surface area contributed by atoms with Gasteiger partial charge in [-0.15, -0.1) is 0 Å². The molecule has 0 spiro atoms. The Labute approximate surface area is 201 Å². The number of benzene rings is 2. The monoisotopic (exact) mass is 462 g/mol. The molecule has 2 aromatic rings. The van der Waals surface area contributed by atoms with Crippen LogP contribution in [0.5, 0.6) is 5.75 Å². The largest absolute Gasteiger partial charge is 0.489 e. The predicted molar refractivity (Wildman–Crippen MR) is 131 cm³/mol. The lowest BCUT2D eigenvalue weighted by molar-refractivity contribution is -0.133. The van der Waals surface area contributed by atoms with Crippen LogP contribution in [0.25, 0.3) is 0 Å². The Morgan fingerprint density at radius 3 is 2.29 bits per heavy atom. The van der Waals surface area contributed by atoms with Crippen LogP contribution in [0.4, 0.5) is 0 Å². The number of Topliss-reactive ketones (excluding diaryl/α,β-unsaturated/α-hetero) is 2. The van der Waals surface area contributed by atoms with E-state index in [0.717, 1.165) is 17.7 Å². The molecule has 0 saturated heterocycles. The van der Waals surface area contributed by atoms with Crippen LogP contribution in [0, 0.1) is 0 Å². The van der Waals surface area contributed by atoms with Crippen LogP contribution >= 0.6 is 0 Å². The average molecular weight is 463 g/mol. The third-order valence-electron chi connectivity index (χ3n) is 6.88. The summed E-state index contributed by atoms with van der Waals surface area (Å²) in [6.45, 7) is 10.5. The van der Waals surface area contributed by atoms with Crippen LogP contribution in [0.3, 0.4) is 0 Å². The van der Waals surface area contributed by atoms with Gasteiger partial charge < -0.3 is 9.64 Å². The first kappa shape index (κ1) is 24.1. The molecule has 6 nitrogen and oxygen atoms in total. The molecular formula is C28H34N2O4. The summed E-state index contributed by atoms with van der Waals surface area (Å²) in [6, 6.07) is 14.4. The van der Waals surface area contributed by atoms with Gasteiger partial charge in [-0.05, 0) is 57.4 Å². The second kappa shape index (κ2) is 10.1. The van der Waals surface area contributed by atoms with Gasteiger partial charge >= 0.3 is 0 Å². The third kappa shape index (κ3) is 5.07. The molecule has 0 N–H and O–H groups in total. The summed E-state index contributed by atoms with van der Waals surface area (Å²) in [4.78, 5) is 41.1. The van der Waals surface area contributed by atoms with Crippen molar-refractivity contribution in [1.29, 1.82) is 0 Å². The molecule has 4 rings (SSSR count). The molecule has 1 saturated carbocycles. The quantitative estimate of drug-likeness (QED) is 0.539. The SMILES string of the molecule is CC(C)N(Cc1ccc(COc2cccc3c2CN(C2CCC(=O)CC2=O)C3=O)cc1)C(C)C. The molecule has 1 heterocycles. The number of nitrogens with zero attached hydrogens (tertiary/aromatic N) is 2. The normalized spacial score (nSPS) is 18.4.